The van der Waals surface area contributed by atoms with E-state index in [4.69, 9.17) is 4.74 Å². The molecule has 0 radical (unpaired) electrons. The molecule has 1 heterocycles. The van der Waals surface area contributed by atoms with Gasteiger partial charge in [-0.15, -0.1) is 0 Å². The van der Waals surface area contributed by atoms with Gasteiger partial charge in [0.1, 0.15) is 0 Å². The van der Waals surface area contributed by atoms with E-state index >= 15 is 0 Å². The number of ether oxygens (including phenoxy) is 1. The van der Waals surface area contributed by atoms with Gasteiger partial charge in [0, 0.05) is 5.92 Å². The normalized spacial score (nSPS) is 25.8. The first kappa shape index (κ1) is 9.97. The van der Waals surface area contributed by atoms with Crippen molar-refractivity contribution in [2.24, 2.45) is 11.8 Å². The van der Waals surface area contributed by atoms with E-state index in [1.165, 1.54) is 25.7 Å². The van der Waals surface area contributed by atoms with Gasteiger partial charge in [0.2, 0.25) is 5.91 Å². The Morgan fingerprint density at radius 2 is 2.00 bits per heavy atom. The van der Waals surface area contributed by atoms with Crippen molar-refractivity contribution in [3.63, 3.8) is 0 Å². The quantitative estimate of drug-likeness (QED) is 0.741. The summed E-state index contributed by atoms with van der Waals surface area (Å²) in [6, 6.07) is 0.284. The minimum absolute atomic E-state index is 0.193. The van der Waals surface area contributed by atoms with Gasteiger partial charge in [0.25, 0.3) is 0 Å². The molecule has 2 rings (SSSR count). The van der Waals surface area contributed by atoms with Gasteiger partial charge in [0.05, 0.1) is 19.3 Å². The van der Waals surface area contributed by atoms with Crippen LogP contribution in [0.5, 0.6) is 0 Å². The SMILES string of the molecule is CC(C(=O)NC1COC1)C1CCCC1. The van der Waals surface area contributed by atoms with Crippen LogP contribution in [0.4, 0.5) is 0 Å². The molecule has 2 aliphatic rings. The maximum absolute atomic E-state index is 11.8. The molecule has 1 aliphatic carbocycles. The van der Waals surface area contributed by atoms with Crippen LogP contribution in [0, 0.1) is 11.8 Å². The fourth-order valence-electron chi connectivity index (χ4n) is 2.32. The van der Waals surface area contributed by atoms with Crippen molar-refractivity contribution < 1.29 is 9.53 Å². The molecule has 0 bridgehead atoms. The average molecular weight is 197 g/mol. The molecule has 0 aromatic carbocycles. The van der Waals surface area contributed by atoms with E-state index in [0.717, 1.165) is 0 Å². The summed E-state index contributed by atoms with van der Waals surface area (Å²) in [6.07, 6.45) is 5.06. The molecule has 1 atom stereocenters. The fraction of sp³-hybridized carbons (Fsp3) is 0.909. The van der Waals surface area contributed by atoms with E-state index in [2.05, 4.69) is 12.2 Å². The van der Waals surface area contributed by atoms with Crippen LogP contribution in [0.2, 0.25) is 0 Å². The van der Waals surface area contributed by atoms with E-state index in [-0.39, 0.29) is 17.9 Å². The summed E-state index contributed by atoms with van der Waals surface area (Å²) < 4.78 is 5.03. The van der Waals surface area contributed by atoms with Gasteiger partial charge in [-0.25, -0.2) is 0 Å². The largest absolute Gasteiger partial charge is 0.377 e. The van der Waals surface area contributed by atoms with Gasteiger partial charge in [0.15, 0.2) is 0 Å². The van der Waals surface area contributed by atoms with Gasteiger partial charge in [-0.05, 0) is 18.8 Å². The van der Waals surface area contributed by atoms with Gasteiger partial charge in [-0.2, -0.15) is 0 Å². The molecule has 3 nitrogen and oxygen atoms in total. The van der Waals surface area contributed by atoms with E-state index in [0.29, 0.717) is 19.1 Å². The van der Waals surface area contributed by atoms with Gasteiger partial charge >= 0.3 is 0 Å². The van der Waals surface area contributed by atoms with E-state index in [9.17, 15) is 4.79 Å². The number of amides is 1. The minimum atomic E-state index is 0.193. The van der Waals surface area contributed by atoms with Crippen LogP contribution in [0.3, 0.4) is 0 Å². The summed E-state index contributed by atoms with van der Waals surface area (Å²) >= 11 is 0. The lowest BCUT2D eigenvalue weighted by molar-refractivity contribution is -0.130. The molecule has 0 spiro atoms. The van der Waals surface area contributed by atoms with Gasteiger partial charge in [-0.3, -0.25) is 4.79 Å². The predicted molar refractivity (Wildman–Crippen MR) is 53.9 cm³/mol. The van der Waals surface area contributed by atoms with E-state index < -0.39 is 0 Å². The number of hydrogen-bond acceptors (Lipinski definition) is 2. The fourth-order valence-corrected chi connectivity index (χ4v) is 2.32. The lowest BCUT2D eigenvalue weighted by Crippen LogP contribution is -2.50. The molecule has 1 N–H and O–H groups in total. The predicted octanol–water partition coefficient (Wildman–Crippen LogP) is 1.33. The third-order valence-corrected chi connectivity index (χ3v) is 3.50. The zero-order valence-electron chi connectivity index (χ0n) is 8.79. The Morgan fingerprint density at radius 1 is 1.36 bits per heavy atom. The van der Waals surface area contributed by atoms with Crippen molar-refractivity contribution in [3.8, 4) is 0 Å². The molecule has 1 aliphatic heterocycles. The Morgan fingerprint density at radius 3 is 2.50 bits per heavy atom. The number of hydrogen-bond donors (Lipinski definition) is 1. The summed E-state index contributed by atoms with van der Waals surface area (Å²) in [6.45, 7) is 3.46. The van der Waals surface area contributed by atoms with Crippen LogP contribution in [-0.4, -0.2) is 25.2 Å². The molecule has 1 amide bonds. The van der Waals surface area contributed by atoms with Crippen molar-refractivity contribution >= 4 is 5.91 Å². The highest BCUT2D eigenvalue weighted by Gasteiger charge is 2.29. The van der Waals surface area contributed by atoms with E-state index in [1.807, 2.05) is 0 Å². The van der Waals surface area contributed by atoms with Crippen LogP contribution < -0.4 is 5.32 Å². The number of carbonyl (C=O) groups excluding carboxylic acids is 1. The highest BCUT2D eigenvalue weighted by Crippen LogP contribution is 2.31. The Kier molecular flexibility index (Phi) is 3.06. The second-order valence-corrected chi connectivity index (χ2v) is 4.58. The number of carbonyl (C=O) groups is 1. The lowest BCUT2D eigenvalue weighted by Gasteiger charge is -2.29. The van der Waals surface area contributed by atoms with Gasteiger partial charge < -0.3 is 10.1 Å². The molecule has 0 aromatic rings. The van der Waals surface area contributed by atoms with E-state index in [1.54, 1.807) is 0 Å². The third-order valence-electron chi connectivity index (χ3n) is 3.50. The van der Waals surface area contributed by atoms with Crippen LogP contribution in [-0.2, 0) is 9.53 Å². The third kappa shape index (κ3) is 2.08. The smallest absolute Gasteiger partial charge is 0.223 e. The second-order valence-electron chi connectivity index (χ2n) is 4.58. The maximum Gasteiger partial charge on any atom is 0.223 e. The first-order chi connectivity index (χ1) is 6.77. The highest BCUT2D eigenvalue weighted by molar-refractivity contribution is 5.79. The Bertz CT molecular complexity index is 207. The summed E-state index contributed by atoms with van der Waals surface area (Å²) in [5.74, 6) is 1.04. The molecule has 1 saturated carbocycles. The van der Waals surface area contributed by atoms with Crippen LogP contribution in [0.1, 0.15) is 32.6 Å². The van der Waals surface area contributed by atoms with Crippen molar-refractivity contribution in [2.45, 2.75) is 38.6 Å². The first-order valence-electron chi connectivity index (χ1n) is 5.65. The first-order valence-corrected chi connectivity index (χ1v) is 5.65. The number of nitrogens with one attached hydrogen (secondary N) is 1. The molecular formula is C11H19NO2. The van der Waals surface area contributed by atoms with Crippen molar-refractivity contribution in [1.82, 2.24) is 5.32 Å². The zero-order chi connectivity index (χ0) is 9.97. The minimum Gasteiger partial charge on any atom is -0.377 e. The second kappa shape index (κ2) is 4.30. The summed E-state index contributed by atoms with van der Waals surface area (Å²) in [5.41, 5.74) is 0. The lowest BCUT2D eigenvalue weighted by atomic mass is 9.91. The van der Waals surface area contributed by atoms with Crippen molar-refractivity contribution in [2.75, 3.05) is 13.2 Å². The molecule has 14 heavy (non-hydrogen) atoms. The number of rotatable bonds is 3. The zero-order valence-corrected chi connectivity index (χ0v) is 8.79. The molecule has 1 unspecified atom stereocenters. The summed E-state index contributed by atoms with van der Waals surface area (Å²) in [7, 11) is 0. The molecule has 2 fully saturated rings. The molecule has 1 saturated heterocycles. The monoisotopic (exact) mass is 197 g/mol. The Balaban J connectivity index is 1.77. The topological polar surface area (TPSA) is 38.3 Å². The molecule has 3 heteroatoms. The molecule has 80 valence electrons. The summed E-state index contributed by atoms with van der Waals surface area (Å²) in [5, 5.41) is 3.03. The molecule has 0 aromatic heterocycles. The summed E-state index contributed by atoms with van der Waals surface area (Å²) in [4.78, 5) is 11.8. The Hall–Kier alpha value is -0.570. The highest BCUT2D eigenvalue weighted by atomic mass is 16.5. The average Bonchev–Trinajstić information content (AvgIpc) is 2.62. The standard InChI is InChI=1S/C11H19NO2/c1-8(9-4-2-3-5-9)11(13)12-10-6-14-7-10/h8-10H,2-7H2,1H3,(H,12,13). The van der Waals surface area contributed by atoms with Crippen molar-refractivity contribution in [3.05, 3.63) is 0 Å². The van der Waals surface area contributed by atoms with Crippen LogP contribution >= 0.6 is 0 Å². The van der Waals surface area contributed by atoms with Crippen LogP contribution in [0.15, 0.2) is 0 Å². The van der Waals surface area contributed by atoms with Crippen LogP contribution in [0.25, 0.3) is 0 Å². The van der Waals surface area contributed by atoms with Crippen molar-refractivity contribution in [1.29, 1.82) is 0 Å². The molecular weight excluding hydrogens is 178 g/mol. The van der Waals surface area contributed by atoms with Gasteiger partial charge in [-0.1, -0.05) is 19.8 Å². The Labute approximate surface area is 85.2 Å². The maximum atomic E-state index is 11.8.